The van der Waals surface area contributed by atoms with Crippen LogP contribution in [0.2, 0.25) is 0 Å². The van der Waals surface area contributed by atoms with Gasteiger partial charge in [-0.3, -0.25) is 0 Å². The molecule has 0 aliphatic heterocycles. The molecule has 0 radical (unpaired) electrons. The maximum Gasteiger partial charge on any atom is 0.0601 e. The van der Waals surface area contributed by atoms with Crippen molar-refractivity contribution in [2.45, 2.75) is 72.3 Å². The van der Waals surface area contributed by atoms with Crippen LogP contribution < -0.4 is 0 Å². The van der Waals surface area contributed by atoms with Crippen LogP contribution in [0.25, 0.3) is 0 Å². The van der Waals surface area contributed by atoms with Gasteiger partial charge in [0.1, 0.15) is 0 Å². The lowest BCUT2D eigenvalue weighted by Gasteiger charge is -2.19. The standard InChI is InChI=1S/2C15H18S2/c2*1-15(2,3)13-8-6-12(7-9-13)11-17-14-5-4-10-16-14/h2*4-10H,11H2,1-3H3. The lowest BCUT2D eigenvalue weighted by molar-refractivity contribution is 0.590. The van der Waals surface area contributed by atoms with E-state index in [0.717, 1.165) is 11.5 Å². The summed E-state index contributed by atoms with van der Waals surface area (Å²) in [5, 5.41) is 4.26. The summed E-state index contributed by atoms with van der Waals surface area (Å²) in [7, 11) is 0. The van der Waals surface area contributed by atoms with Crippen molar-refractivity contribution >= 4 is 46.2 Å². The average molecular weight is 525 g/mol. The molecule has 0 saturated carbocycles. The van der Waals surface area contributed by atoms with Gasteiger partial charge < -0.3 is 0 Å². The summed E-state index contributed by atoms with van der Waals surface area (Å²) in [4.78, 5) is 0. The van der Waals surface area contributed by atoms with Crippen LogP contribution in [0.5, 0.6) is 0 Å². The van der Waals surface area contributed by atoms with Crippen LogP contribution >= 0.6 is 46.2 Å². The lowest BCUT2D eigenvalue weighted by Crippen LogP contribution is -2.10. The zero-order valence-electron chi connectivity index (χ0n) is 21.1. The third-order valence-electron chi connectivity index (χ3n) is 5.39. The Morgan fingerprint density at radius 2 is 0.882 bits per heavy atom. The molecule has 0 amide bonds. The van der Waals surface area contributed by atoms with Crippen molar-refractivity contribution in [1.82, 2.24) is 0 Å². The fourth-order valence-electron chi connectivity index (χ4n) is 3.20. The maximum absolute atomic E-state index is 2.25. The Labute approximate surface area is 223 Å². The number of thioether (sulfide) groups is 2. The summed E-state index contributed by atoms with van der Waals surface area (Å²) in [6.45, 7) is 13.5. The van der Waals surface area contributed by atoms with Crippen LogP contribution in [0.4, 0.5) is 0 Å². The van der Waals surface area contributed by atoms with Gasteiger partial charge in [0.15, 0.2) is 0 Å². The zero-order valence-corrected chi connectivity index (χ0v) is 24.4. The summed E-state index contributed by atoms with van der Waals surface area (Å²) in [5.41, 5.74) is 6.11. The number of hydrogen-bond acceptors (Lipinski definition) is 4. The van der Waals surface area contributed by atoms with Crippen molar-refractivity contribution in [3.05, 3.63) is 106 Å². The fourth-order valence-corrected chi connectivity index (χ4v) is 6.68. The van der Waals surface area contributed by atoms with Gasteiger partial charge in [-0.15, -0.1) is 46.2 Å². The molecule has 0 aliphatic carbocycles. The molecule has 2 aromatic heterocycles. The first-order chi connectivity index (χ1) is 16.1. The van der Waals surface area contributed by atoms with E-state index in [9.17, 15) is 0 Å². The van der Waals surface area contributed by atoms with Gasteiger partial charge in [-0.25, -0.2) is 0 Å². The molecule has 4 rings (SSSR count). The summed E-state index contributed by atoms with van der Waals surface area (Å²) in [5.74, 6) is 2.12. The third kappa shape index (κ3) is 8.96. The molecule has 0 nitrogen and oxygen atoms in total. The second kappa shape index (κ2) is 12.5. The van der Waals surface area contributed by atoms with Crippen molar-refractivity contribution in [3.63, 3.8) is 0 Å². The van der Waals surface area contributed by atoms with Crippen LogP contribution in [0.15, 0.2) is 92.0 Å². The van der Waals surface area contributed by atoms with Crippen molar-refractivity contribution in [1.29, 1.82) is 0 Å². The largest absolute Gasteiger partial charge is 0.137 e. The van der Waals surface area contributed by atoms with Crippen LogP contribution in [-0.2, 0) is 22.3 Å². The average Bonchev–Trinajstić information content (AvgIpc) is 3.50. The number of hydrogen-bond donors (Lipinski definition) is 0. The molecule has 0 unspecified atom stereocenters. The van der Waals surface area contributed by atoms with Crippen LogP contribution in [0.1, 0.15) is 63.8 Å². The minimum atomic E-state index is 0.249. The lowest BCUT2D eigenvalue weighted by atomic mass is 9.87. The Balaban J connectivity index is 0.000000191. The predicted octanol–water partition coefficient (Wildman–Crippen LogP) is 10.7. The fraction of sp³-hybridized carbons (Fsp3) is 0.333. The normalized spacial score (nSPS) is 11.7. The van der Waals surface area contributed by atoms with E-state index in [-0.39, 0.29) is 10.8 Å². The highest BCUT2D eigenvalue weighted by Crippen LogP contribution is 2.29. The van der Waals surface area contributed by atoms with Gasteiger partial charge in [-0.1, -0.05) is 102 Å². The molecule has 0 atom stereocenters. The quantitative estimate of drug-likeness (QED) is 0.230. The van der Waals surface area contributed by atoms with E-state index in [1.165, 1.54) is 30.7 Å². The zero-order chi connectivity index (χ0) is 24.6. The van der Waals surface area contributed by atoms with Gasteiger partial charge in [0.05, 0.1) is 8.42 Å². The van der Waals surface area contributed by atoms with E-state index >= 15 is 0 Å². The van der Waals surface area contributed by atoms with E-state index < -0.39 is 0 Å². The molecule has 2 aromatic carbocycles. The van der Waals surface area contributed by atoms with Crippen LogP contribution in [0, 0.1) is 0 Å². The molecule has 34 heavy (non-hydrogen) atoms. The predicted molar refractivity (Wildman–Crippen MR) is 158 cm³/mol. The molecule has 0 fully saturated rings. The van der Waals surface area contributed by atoms with Crippen molar-refractivity contribution in [2.75, 3.05) is 0 Å². The maximum atomic E-state index is 2.25. The monoisotopic (exact) mass is 524 g/mol. The van der Waals surface area contributed by atoms with Crippen molar-refractivity contribution < 1.29 is 0 Å². The van der Waals surface area contributed by atoms with Gasteiger partial charge in [0, 0.05) is 11.5 Å². The highest BCUT2D eigenvalue weighted by atomic mass is 32.2. The molecular formula is C30H36S4. The molecule has 2 heterocycles. The minimum absolute atomic E-state index is 0.249. The van der Waals surface area contributed by atoms with Crippen molar-refractivity contribution in [2.24, 2.45) is 0 Å². The Bertz CT molecular complexity index is 985. The van der Waals surface area contributed by atoms with Crippen LogP contribution in [-0.4, -0.2) is 0 Å². The van der Waals surface area contributed by atoms with Gasteiger partial charge in [0.25, 0.3) is 0 Å². The van der Waals surface area contributed by atoms with E-state index in [1.807, 2.05) is 46.2 Å². The molecule has 4 heteroatoms. The first kappa shape index (κ1) is 27.1. The Morgan fingerprint density at radius 3 is 1.15 bits per heavy atom. The first-order valence-electron chi connectivity index (χ1n) is 11.6. The topological polar surface area (TPSA) is 0 Å². The summed E-state index contributed by atoms with van der Waals surface area (Å²) >= 11 is 7.45. The molecular weight excluding hydrogens is 489 g/mol. The smallest absolute Gasteiger partial charge is 0.0601 e. The summed E-state index contributed by atoms with van der Waals surface area (Å²) < 4.78 is 2.79. The van der Waals surface area contributed by atoms with E-state index in [2.05, 4.69) is 125 Å². The SMILES string of the molecule is CC(C)(C)c1ccc(CSc2cccs2)cc1.CC(C)(C)c1ccc(CSc2cccs2)cc1. The minimum Gasteiger partial charge on any atom is -0.137 e. The number of rotatable bonds is 6. The van der Waals surface area contributed by atoms with E-state index in [1.54, 1.807) is 0 Å². The Hall–Kier alpha value is -1.46. The van der Waals surface area contributed by atoms with E-state index in [0.29, 0.717) is 0 Å². The number of thiophene rings is 2. The second-order valence-corrected chi connectivity index (χ2v) is 14.8. The summed E-state index contributed by atoms with van der Waals surface area (Å²) in [6, 6.07) is 26.6. The highest BCUT2D eigenvalue weighted by Gasteiger charge is 2.13. The van der Waals surface area contributed by atoms with Gasteiger partial charge >= 0.3 is 0 Å². The molecule has 0 N–H and O–H groups in total. The van der Waals surface area contributed by atoms with Crippen molar-refractivity contribution in [3.8, 4) is 0 Å². The second-order valence-electron chi connectivity index (χ2n) is 10.3. The molecule has 0 aliphatic rings. The van der Waals surface area contributed by atoms with Crippen LogP contribution in [0.3, 0.4) is 0 Å². The van der Waals surface area contributed by atoms with Gasteiger partial charge in [0.2, 0.25) is 0 Å². The Kier molecular flexibility index (Phi) is 9.96. The number of benzene rings is 2. The molecule has 4 aromatic rings. The Morgan fingerprint density at radius 1 is 0.529 bits per heavy atom. The van der Waals surface area contributed by atoms with E-state index in [4.69, 9.17) is 0 Å². The summed E-state index contributed by atoms with van der Waals surface area (Å²) in [6.07, 6.45) is 0. The molecule has 0 spiro atoms. The van der Waals surface area contributed by atoms with Gasteiger partial charge in [-0.05, 0) is 56.0 Å². The first-order valence-corrected chi connectivity index (χ1v) is 15.4. The highest BCUT2D eigenvalue weighted by molar-refractivity contribution is 8.00. The molecule has 180 valence electrons. The third-order valence-corrected chi connectivity index (χ3v) is 9.80. The van der Waals surface area contributed by atoms with Gasteiger partial charge in [-0.2, -0.15) is 0 Å². The molecule has 0 saturated heterocycles. The molecule has 0 bridgehead atoms.